The summed E-state index contributed by atoms with van der Waals surface area (Å²) in [5, 5.41) is 2.75. The van der Waals surface area contributed by atoms with Crippen LogP contribution in [0.2, 0.25) is 0 Å². The van der Waals surface area contributed by atoms with Crippen molar-refractivity contribution in [3.8, 4) is 0 Å². The Balaban J connectivity index is 2.18. The zero-order valence-electron chi connectivity index (χ0n) is 10.8. The van der Waals surface area contributed by atoms with Crippen LogP contribution in [0.4, 0.5) is 5.82 Å². The van der Waals surface area contributed by atoms with Gasteiger partial charge in [-0.1, -0.05) is 0 Å². The van der Waals surface area contributed by atoms with Crippen LogP contribution in [-0.2, 0) is 4.74 Å². The molecule has 1 amide bonds. The Labute approximate surface area is 107 Å². The smallest absolute Gasteiger partial charge is 0.251 e. The number of anilines is 1. The summed E-state index contributed by atoms with van der Waals surface area (Å²) in [5.74, 6) is 0.171. The molecule has 0 aromatic carbocycles. The highest BCUT2D eigenvalue weighted by atomic mass is 16.5. The molecule has 0 atom stereocenters. The molecule has 0 unspecified atom stereocenters. The van der Waals surface area contributed by atoms with E-state index in [1.807, 2.05) is 19.0 Å². The van der Waals surface area contributed by atoms with Crippen LogP contribution in [0.15, 0.2) is 18.3 Å². The van der Waals surface area contributed by atoms with Crippen molar-refractivity contribution in [2.45, 2.75) is 0 Å². The van der Waals surface area contributed by atoms with Crippen LogP contribution in [0.3, 0.4) is 0 Å². The zero-order chi connectivity index (χ0) is 13.4. The van der Waals surface area contributed by atoms with Gasteiger partial charge in [0, 0.05) is 24.8 Å². The quantitative estimate of drug-likeness (QED) is 0.666. The number of nitrogens with zero attached hydrogens (tertiary/aromatic N) is 2. The number of amides is 1. The van der Waals surface area contributed by atoms with Crippen molar-refractivity contribution >= 4 is 11.7 Å². The highest BCUT2D eigenvalue weighted by Gasteiger charge is 2.04. The van der Waals surface area contributed by atoms with E-state index in [0.29, 0.717) is 31.1 Å². The highest BCUT2D eigenvalue weighted by Crippen LogP contribution is 2.02. The molecule has 0 fully saturated rings. The summed E-state index contributed by atoms with van der Waals surface area (Å²) in [7, 11) is 3.97. The van der Waals surface area contributed by atoms with Crippen molar-refractivity contribution in [2.24, 2.45) is 0 Å². The van der Waals surface area contributed by atoms with Gasteiger partial charge in [0.25, 0.3) is 5.91 Å². The molecule has 1 heterocycles. The fourth-order valence-corrected chi connectivity index (χ4v) is 1.28. The first-order valence-electron chi connectivity index (χ1n) is 5.82. The van der Waals surface area contributed by atoms with Crippen LogP contribution in [0.25, 0.3) is 0 Å². The number of aromatic nitrogens is 1. The van der Waals surface area contributed by atoms with E-state index in [1.165, 1.54) is 6.20 Å². The predicted molar refractivity (Wildman–Crippen MR) is 70.4 cm³/mol. The zero-order valence-corrected chi connectivity index (χ0v) is 10.8. The van der Waals surface area contributed by atoms with E-state index in [1.54, 1.807) is 12.1 Å². The van der Waals surface area contributed by atoms with Crippen LogP contribution < -0.4 is 11.1 Å². The number of nitrogen functional groups attached to an aromatic ring is 1. The second kappa shape index (κ2) is 7.62. The summed E-state index contributed by atoms with van der Waals surface area (Å²) in [6, 6.07) is 3.17. The summed E-state index contributed by atoms with van der Waals surface area (Å²) < 4.78 is 5.36. The van der Waals surface area contributed by atoms with E-state index < -0.39 is 0 Å². The van der Waals surface area contributed by atoms with Gasteiger partial charge in [-0.3, -0.25) is 4.79 Å². The summed E-state index contributed by atoms with van der Waals surface area (Å²) in [6.45, 7) is 2.51. The van der Waals surface area contributed by atoms with Crippen molar-refractivity contribution in [1.29, 1.82) is 0 Å². The number of nitrogens with one attached hydrogen (secondary N) is 1. The maximum atomic E-state index is 11.7. The minimum Gasteiger partial charge on any atom is -0.384 e. The summed E-state index contributed by atoms with van der Waals surface area (Å²) >= 11 is 0. The van der Waals surface area contributed by atoms with Crippen LogP contribution in [0.1, 0.15) is 10.4 Å². The van der Waals surface area contributed by atoms with Gasteiger partial charge in [0.2, 0.25) is 0 Å². The van der Waals surface area contributed by atoms with Gasteiger partial charge in [0.15, 0.2) is 0 Å². The highest BCUT2D eigenvalue weighted by molar-refractivity contribution is 5.94. The lowest BCUT2D eigenvalue weighted by atomic mass is 10.2. The van der Waals surface area contributed by atoms with Crippen molar-refractivity contribution < 1.29 is 9.53 Å². The molecule has 0 aliphatic heterocycles. The van der Waals surface area contributed by atoms with Gasteiger partial charge in [-0.2, -0.15) is 0 Å². The molecule has 0 saturated carbocycles. The monoisotopic (exact) mass is 252 g/mol. The van der Waals surface area contributed by atoms with Crippen molar-refractivity contribution in [1.82, 2.24) is 15.2 Å². The van der Waals surface area contributed by atoms with Gasteiger partial charge >= 0.3 is 0 Å². The first kappa shape index (κ1) is 14.4. The number of rotatable bonds is 7. The topological polar surface area (TPSA) is 80.5 Å². The number of hydrogen-bond donors (Lipinski definition) is 2. The molecule has 6 heteroatoms. The minimum absolute atomic E-state index is 0.166. The third-order valence-electron chi connectivity index (χ3n) is 2.26. The molecular weight excluding hydrogens is 232 g/mol. The Hall–Kier alpha value is -1.66. The number of hydrogen-bond acceptors (Lipinski definition) is 5. The summed E-state index contributed by atoms with van der Waals surface area (Å²) in [5.41, 5.74) is 6.01. The molecule has 0 saturated heterocycles. The van der Waals surface area contributed by atoms with Gasteiger partial charge in [0.05, 0.1) is 13.2 Å². The predicted octanol–water partition coefficient (Wildman–Crippen LogP) is -0.0282. The summed E-state index contributed by atoms with van der Waals surface area (Å²) in [4.78, 5) is 17.5. The van der Waals surface area contributed by atoms with E-state index in [-0.39, 0.29) is 5.91 Å². The molecule has 0 aliphatic carbocycles. The fraction of sp³-hybridized carbons (Fsp3) is 0.500. The van der Waals surface area contributed by atoms with Crippen LogP contribution >= 0.6 is 0 Å². The molecule has 0 radical (unpaired) electrons. The summed E-state index contributed by atoms with van der Waals surface area (Å²) in [6.07, 6.45) is 1.51. The Bertz CT molecular complexity index is 382. The molecule has 0 aliphatic rings. The van der Waals surface area contributed by atoms with Crippen molar-refractivity contribution in [3.05, 3.63) is 23.9 Å². The third-order valence-corrected chi connectivity index (χ3v) is 2.26. The Morgan fingerprint density at radius 3 is 2.94 bits per heavy atom. The lowest BCUT2D eigenvalue weighted by molar-refractivity contribution is 0.0900. The number of carbonyl (C=O) groups excluding carboxylic acids is 1. The normalized spacial score (nSPS) is 10.6. The maximum Gasteiger partial charge on any atom is 0.251 e. The largest absolute Gasteiger partial charge is 0.384 e. The third kappa shape index (κ3) is 5.60. The van der Waals surface area contributed by atoms with Crippen molar-refractivity contribution in [3.63, 3.8) is 0 Å². The molecular formula is C12H20N4O2. The first-order chi connectivity index (χ1) is 8.59. The average molecular weight is 252 g/mol. The van der Waals surface area contributed by atoms with E-state index >= 15 is 0 Å². The molecule has 1 aromatic heterocycles. The maximum absolute atomic E-state index is 11.7. The molecule has 100 valence electrons. The average Bonchev–Trinajstić information content (AvgIpc) is 2.33. The van der Waals surface area contributed by atoms with Gasteiger partial charge < -0.3 is 20.7 Å². The Morgan fingerprint density at radius 1 is 1.50 bits per heavy atom. The Kier molecular flexibility index (Phi) is 6.10. The number of ether oxygens (including phenoxy) is 1. The van der Waals surface area contributed by atoms with Gasteiger partial charge in [0.1, 0.15) is 5.82 Å². The van der Waals surface area contributed by atoms with E-state index in [2.05, 4.69) is 10.3 Å². The number of pyridine rings is 1. The molecule has 0 spiro atoms. The standard InChI is InChI=1S/C12H20N4O2/c1-16(2)6-8-18-7-5-15-12(17)10-3-4-14-11(13)9-10/h3-4,9H,5-8H2,1-2H3,(H2,13,14)(H,15,17). The fourth-order valence-electron chi connectivity index (χ4n) is 1.28. The molecule has 1 aromatic rings. The molecule has 6 nitrogen and oxygen atoms in total. The van der Waals surface area contributed by atoms with E-state index in [9.17, 15) is 4.79 Å². The molecule has 1 rings (SSSR count). The van der Waals surface area contributed by atoms with Crippen molar-refractivity contribution in [2.75, 3.05) is 46.1 Å². The van der Waals surface area contributed by atoms with E-state index in [0.717, 1.165) is 6.54 Å². The second-order valence-corrected chi connectivity index (χ2v) is 4.14. The Morgan fingerprint density at radius 2 is 2.28 bits per heavy atom. The van der Waals surface area contributed by atoms with E-state index in [4.69, 9.17) is 10.5 Å². The SMILES string of the molecule is CN(C)CCOCCNC(=O)c1ccnc(N)c1. The number of nitrogens with two attached hydrogens (primary N) is 1. The lowest BCUT2D eigenvalue weighted by Crippen LogP contribution is -2.28. The van der Waals surface area contributed by atoms with Gasteiger partial charge in [-0.15, -0.1) is 0 Å². The molecule has 18 heavy (non-hydrogen) atoms. The van der Waals surface area contributed by atoms with Crippen LogP contribution in [0, 0.1) is 0 Å². The lowest BCUT2D eigenvalue weighted by Gasteiger charge is -2.10. The first-order valence-corrected chi connectivity index (χ1v) is 5.82. The van der Waals surface area contributed by atoms with Gasteiger partial charge in [-0.05, 0) is 26.2 Å². The molecule has 3 N–H and O–H groups in total. The number of carbonyl (C=O) groups is 1. The van der Waals surface area contributed by atoms with Gasteiger partial charge in [-0.25, -0.2) is 4.98 Å². The minimum atomic E-state index is -0.166. The van der Waals surface area contributed by atoms with Crippen LogP contribution in [-0.4, -0.2) is 56.2 Å². The molecule has 0 bridgehead atoms. The van der Waals surface area contributed by atoms with Crippen LogP contribution in [0.5, 0.6) is 0 Å². The second-order valence-electron chi connectivity index (χ2n) is 4.14. The number of likely N-dealkylation sites (N-methyl/N-ethyl adjacent to an activating group) is 1.